The van der Waals surface area contributed by atoms with Crippen molar-refractivity contribution in [1.29, 1.82) is 0 Å². The Balaban J connectivity index is 2.27. The molecule has 0 radical (unpaired) electrons. The molecule has 0 nitrogen and oxygen atoms in total. The molecular weight excluding hydrogens is 234 g/mol. The largest absolute Gasteiger partial charge is 0.0616 e. The van der Waals surface area contributed by atoms with Crippen molar-refractivity contribution in [2.45, 2.75) is 0 Å². The Morgan fingerprint density at radius 3 is 1.83 bits per heavy atom. The smallest absolute Gasteiger partial charge is 0.00990 e. The molecule has 0 unspecified atom stereocenters. The van der Waals surface area contributed by atoms with E-state index in [-0.39, 0.29) is 0 Å². The lowest BCUT2D eigenvalue weighted by Crippen LogP contribution is -1.79. The van der Waals surface area contributed by atoms with E-state index in [9.17, 15) is 0 Å². The molecule has 0 heterocycles. The minimum Gasteiger partial charge on any atom is -0.0616 e. The van der Waals surface area contributed by atoms with Crippen LogP contribution in [0.5, 0.6) is 0 Å². The summed E-state index contributed by atoms with van der Waals surface area (Å²) < 4.78 is 0. The molecule has 0 N–H and O–H groups in total. The number of fused-ring (bicyclic) bond motifs is 4. The first-order chi connectivity index (χ1) is 8.92. The third kappa shape index (κ3) is 1.32. The molecule has 0 aliphatic rings. The quantitative estimate of drug-likeness (QED) is 0.297. The Hall–Kier alpha value is -2.34. The number of hydrogen-bond donors (Lipinski definition) is 0. The highest BCUT2D eigenvalue weighted by Crippen LogP contribution is 2.29. The molecule has 18 heavy (non-hydrogen) atoms. The summed E-state index contributed by atoms with van der Waals surface area (Å²) in [5.41, 5.74) is 0. The first-order valence-corrected chi connectivity index (χ1v) is 6.22. The van der Waals surface area contributed by atoms with Crippen LogP contribution in [0.15, 0.2) is 72.8 Å². The van der Waals surface area contributed by atoms with Gasteiger partial charge in [0, 0.05) is 0 Å². The fourth-order valence-corrected chi connectivity index (χ4v) is 2.70. The maximum Gasteiger partial charge on any atom is -0.00990 e. The van der Waals surface area contributed by atoms with Gasteiger partial charge >= 0.3 is 0 Å². The minimum atomic E-state index is 1.31. The predicted octanol–water partition coefficient (Wildman–Crippen LogP) is 5.15. The van der Waals surface area contributed by atoms with E-state index in [4.69, 9.17) is 0 Å². The van der Waals surface area contributed by atoms with E-state index in [2.05, 4.69) is 72.8 Å². The third-order valence-electron chi connectivity index (χ3n) is 3.61. The Morgan fingerprint density at radius 1 is 0.389 bits per heavy atom. The zero-order valence-corrected chi connectivity index (χ0v) is 9.93. The molecule has 0 amide bonds. The molecule has 0 saturated carbocycles. The second-order valence-corrected chi connectivity index (χ2v) is 4.71. The van der Waals surface area contributed by atoms with Crippen LogP contribution in [0, 0.1) is 0 Å². The van der Waals surface area contributed by atoms with Gasteiger partial charge in [0.2, 0.25) is 0 Å². The van der Waals surface area contributed by atoms with Crippen LogP contribution in [-0.2, 0) is 0 Å². The van der Waals surface area contributed by atoms with E-state index in [1.54, 1.807) is 0 Å². The summed E-state index contributed by atoms with van der Waals surface area (Å²) >= 11 is 0. The summed E-state index contributed by atoms with van der Waals surface area (Å²) in [4.78, 5) is 0. The summed E-state index contributed by atoms with van der Waals surface area (Å²) in [5, 5.41) is 7.90. The average molecular weight is 246 g/mol. The van der Waals surface area contributed by atoms with Crippen molar-refractivity contribution in [3.63, 3.8) is 0 Å². The van der Waals surface area contributed by atoms with Crippen LogP contribution in [0.2, 0.25) is 0 Å². The van der Waals surface area contributed by atoms with Crippen LogP contribution in [0.4, 0.5) is 0 Å². The Morgan fingerprint density at radius 2 is 1.00 bits per heavy atom. The highest BCUT2D eigenvalue weighted by atomic mass is 15.0. The van der Waals surface area contributed by atoms with E-state index >= 15 is 0 Å². The van der Waals surface area contributed by atoms with E-state index < -0.39 is 0 Å². The molecule has 0 bridgehead atoms. The lowest BCUT2D eigenvalue weighted by Gasteiger charge is -2.06. The van der Waals surface area contributed by atoms with E-state index in [0.717, 1.165) is 0 Å². The number of hydrogen-bond acceptors (Lipinski definition) is 0. The molecule has 0 atom stereocenters. The zero-order valence-electron chi connectivity index (χ0n) is 9.93. The maximum absolute atomic E-state index is 2.30. The molecule has 4 aromatic rings. The first-order valence-electron chi connectivity index (χ1n) is 6.22. The van der Waals surface area contributed by atoms with Crippen LogP contribution in [0.1, 0.15) is 0 Å². The summed E-state index contributed by atoms with van der Waals surface area (Å²) in [6, 6.07) is 26.1. The van der Waals surface area contributed by atoms with Gasteiger partial charge in [-0.25, -0.2) is 0 Å². The van der Waals surface area contributed by atoms with E-state index in [0.29, 0.717) is 0 Å². The van der Waals surface area contributed by atoms with Crippen LogP contribution in [0.25, 0.3) is 32.3 Å². The van der Waals surface area contributed by atoms with Gasteiger partial charge in [0.05, 0.1) is 0 Å². The van der Waals surface area contributed by atoms with Crippen LogP contribution in [0.3, 0.4) is 0 Å². The van der Waals surface area contributed by atoms with Crippen molar-refractivity contribution in [2.24, 2.45) is 0 Å². The van der Waals surface area contributed by atoms with Crippen molar-refractivity contribution in [3.05, 3.63) is 72.8 Å². The maximum atomic E-state index is 2.30. The van der Waals surface area contributed by atoms with E-state index in [1.807, 2.05) is 0 Å². The minimum absolute atomic E-state index is 1.31. The highest BCUT2D eigenvalue weighted by molar-refractivity contribution is 6.11. The van der Waals surface area contributed by atoms with Gasteiger partial charge in [-0.2, -0.15) is 0 Å². The van der Waals surface area contributed by atoms with Gasteiger partial charge in [-0.05, 0) is 44.5 Å². The monoisotopic (exact) mass is 246 g/mol. The van der Waals surface area contributed by atoms with Crippen molar-refractivity contribution in [1.82, 2.24) is 0 Å². The van der Waals surface area contributed by atoms with Gasteiger partial charge in [-0.1, -0.05) is 60.7 Å². The first kappa shape index (κ1) is 9.67. The molecule has 4 rings (SSSR count). The SMILES string of the molecule is [13cH]1[13cH][13cH][13c]2[13cH][13c]3[13c]([13cH][13cH][13c]4[13cH][13cH][13cH][13cH][13c]43)[13cH][13c]2[13cH]1. The molecule has 0 spiro atoms. The van der Waals surface area contributed by atoms with Gasteiger partial charge in [-0.15, -0.1) is 0 Å². The van der Waals surface area contributed by atoms with Crippen molar-refractivity contribution in [3.8, 4) is 0 Å². The van der Waals surface area contributed by atoms with Crippen molar-refractivity contribution >= 4 is 32.3 Å². The van der Waals surface area contributed by atoms with Gasteiger partial charge in [0.1, 0.15) is 0 Å². The molecule has 0 aromatic heterocycles. The fraction of sp³-hybridized carbons (Fsp3) is 0. The second-order valence-electron chi connectivity index (χ2n) is 4.71. The molecule has 4 aromatic carbocycles. The predicted molar refractivity (Wildman–Crippen MR) is 79.0 cm³/mol. The van der Waals surface area contributed by atoms with Crippen molar-refractivity contribution < 1.29 is 0 Å². The van der Waals surface area contributed by atoms with Crippen LogP contribution >= 0.6 is 0 Å². The fourth-order valence-electron chi connectivity index (χ4n) is 2.70. The molecule has 0 fully saturated rings. The van der Waals surface area contributed by atoms with Gasteiger partial charge in [0.15, 0.2) is 0 Å². The third-order valence-corrected chi connectivity index (χ3v) is 3.61. The zero-order chi connectivity index (χ0) is 11.9. The molecule has 0 heteroatoms. The molecular formula is C18H12. The summed E-state index contributed by atoms with van der Waals surface area (Å²) in [6.45, 7) is 0. The number of benzene rings is 4. The summed E-state index contributed by atoms with van der Waals surface area (Å²) in [7, 11) is 0. The molecule has 0 aliphatic heterocycles. The van der Waals surface area contributed by atoms with Gasteiger partial charge in [0.25, 0.3) is 0 Å². The Labute approximate surface area is 105 Å². The Kier molecular flexibility index (Phi) is 1.92. The molecule has 0 saturated heterocycles. The summed E-state index contributed by atoms with van der Waals surface area (Å²) in [6.07, 6.45) is 0. The second kappa shape index (κ2) is 3.58. The van der Waals surface area contributed by atoms with Crippen LogP contribution < -0.4 is 0 Å². The summed E-state index contributed by atoms with van der Waals surface area (Å²) in [5.74, 6) is 0. The standard InChI is InChI=1S/C18H12/c1-2-7-15-12-18-16(11-14(15)6-1)10-9-13-5-3-4-8-17(13)18/h1-12H/i1+1,2+1,3+1,4+1,5+1,6+1,7+1,8+1,9+1,10+1,11+1,12+1,13+1,14+1,15+1,16+1,17+1,18+1. The molecule has 0 aliphatic carbocycles. The molecule has 84 valence electrons. The Bertz CT molecular complexity index is 866. The average Bonchev–Trinajstić information content (AvgIpc) is 2.45. The van der Waals surface area contributed by atoms with Gasteiger partial charge < -0.3 is 0 Å². The lowest BCUT2D eigenvalue weighted by molar-refractivity contribution is 1.77. The van der Waals surface area contributed by atoms with E-state index in [1.165, 1.54) is 32.3 Å². The van der Waals surface area contributed by atoms with Crippen molar-refractivity contribution in [2.75, 3.05) is 0 Å². The van der Waals surface area contributed by atoms with Gasteiger partial charge in [-0.3, -0.25) is 0 Å². The topological polar surface area (TPSA) is 0 Å². The number of rotatable bonds is 0. The van der Waals surface area contributed by atoms with Crippen LogP contribution in [-0.4, -0.2) is 0 Å². The normalized spacial score (nSPS) is 11.3. The highest BCUT2D eigenvalue weighted by Gasteiger charge is 2.01. The lowest BCUT2D eigenvalue weighted by atomic mass is 11.0.